The number of unbranched alkanes of at least 4 members (excludes halogenated alkanes) is 1. The van der Waals surface area contributed by atoms with Gasteiger partial charge >= 0.3 is 5.69 Å². The van der Waals surface area contributed by atoms with Crippen molar-refractivity contribution in [1.82, 2.24) is 4.57 Å². The molecule has 0 atom stereocenters. The highest BCUT2D eigenvalue weighted by molar-refractivity contribution is 5.75. The number of carbonyl (C=O) groups excluding carboxylic acids is 1. The van der Waals surface area contributed by atoms with Gasteiger partial charge in [0.1, 0.15) is 5.78 Å². The molecule has 1 aromatic heterocycles. The van der Waals surface area contributed by atoms with Crippen molar-refractivity contribution in [3.05, 3.63) is 38.8 Å². The minimum absolute atomic E-state index is 0.135. The fraction of sp³-hybridized carbons (Fsp3) is 0.455. The van der Waals surface area contributed by atoms with Crippen molar-refractivity contribution in [2.45, 2.75) is 32.7 Å². The molecule has 0 unspecified atom stereocenters. The molecule has 1 rings (SSSR count). The molecule has 6 nitrogen and oxygen atoms in total. The van der Waals surface area contributed by atoms with E-state index in [1.165, 1.54) is 25.4 Å². The van der Waals surface area contributed by atoms with Crippen LogP contribution in [0.2, 0.25) is 0 Å². The Hall–Kier alpha value is -1.98. The van der Waals surface area contributed by atoms with E-state index in [2.05, 4.69) is 0 Å². The molecule has 0 saturated heterocycles. The van der Waals surface area contributed by atoms with E-state index < -0.39 is 16.0 Å². The lowest BCUT2D eigenvalue weighted by Gasteiger charge is -2.04. The molecule has 0 spiro atoms. The molecular weight excluding hydrogens is 224 g/mol. The Morgan fingerprint density at radius 1 is 1.47 bits per heavy atom. The summed E-state index contributed by atoms with van der Waals surface area (Å²) in [4.78, 5) is 31.7. The fourth-order valence-electron chi connectivity index (χ4n) is 1.46. The summed E-state index contributed by atoms with van der Waals surface area (Å²) >= 11 is 0. The van der Waals surface area contributed by atoms with Crippen LogP contribution in [-0.2, 0) is 11.3 Å². The van der Waals surface area contributed by atoms with Gasteiger partial charge in [-0.05, 0) is 19.8 Å². The van der Waals surface area contributed by atoms with Crippen LogP contribution < -0.4 is 5.43 Å². The third-order valence-electron chi connectivity index (χ3n) is 2.35. The van der Waals surface area contributed by atoms with Crippen molar-refractivity contribution in [2.75, 3.05) is 0 Å². The lowest BCUT2D eigenvalue weighted by atomic mass is 10.2. The average Bonchev–Trinajstić information content (AvgIpc) is 2.25. The summed E-state index contributed by atoms with van der Waals surface area (Å²) in [5.41, 5.74) is -1.01. The second-order valence-corrected chi connectivity index (χ2v) is 3.85. The summed E-state index contributed by atoms with van der Waals surface area (Å²) in [6.45, 7) is 2.10. The van der Waals surface area contributed by atoms with E-state index in [9.17, 15) is 19.7 Å². The monoisotopic (exact) mass is 238 g/mol. The van der Waals surface area contributed by atoms with E-state index in [4.69, 9.17) is 0 Å². The highest BCUT2D eigenvalue weighted by Crippen LogP contribution is 2.05. The zero-order chi connectivity index (χ0) is 12.8. The van der Waals surface area contributed by atoms with Gasteiger partial charge in [0, 0.05) is 25.2 Å². The maximum absolute atomic E-state index is 11.1. The number of nitrogens with zero attached hydrogens (tertiary/aromatic N) is 2. The topological polar surface area (TPSA) is 82.2 Å². The number of nitro groups is 1. The molecular formula is C11H14N2O4. The second-order valence-electron chi connectivity index (χ2n) is 3.85. The van der Waals surface area contributed by atoms with Crippen LogP contribution in [0.25, 0.3) is 0 Å². The van der Waals surface area contributed by atoms with E-state index >= 15 is 0 Å². The van der Waals surface area contributed by atoms with Crippen molar-refractivity contribution >= 4 is 11.5 Å². The molecule has 0 N–H and O–H groups in total. The number of aryl methyl sites for hydroxylation is 1. The molecule has 1 heterocycles. The summed E-state index contributed by atoms with van der Waals surface area (Å²) in [5.74, 6) is 0.135. The molecule has 1 aromatic rings. The molecule has 0 radical (unpaired) electrons. The van der Waals surface area contributed by atoms with E-state index in [0.29, 0.717) is 13.0 Å². The van der Waals surface area contributed by atoms with Gasteiger partial charge in [-0.2, -0.15) is 0 Å². The Bertz CT molecular complexity index is 479. The van der Waals surface area contributed by atoms with Gasteiger partial charge in [0.25, 0.3) is 5.43 Å². The van der Waals surface area contributed by atoms with Crippen molar-refractivity contribution in [3.63, 3.8) is 0 Å². The second kappa shape index (κ2) is 5.93. The molecule has 0 aliphatic heterocycles. The van der Waals surface area contributed by atoms with Crippen LogP contribution in [0.4, 0.5) is 5.69 Å². The predicted molar refractivity (Wildman–Crippen MR) is 61.9 cm³/mol. The Kier molecular flexibility index (Phi) is 4.56. The maximum atomic E-state index is 11.1. The smallest absolute Gasteiger partial charge is 0.332 e. The summed E-state index contributed by atoms with van der Waals surface area (Å²) in [5, 5.41) is 10.5. The Morgan fingerprint density at radius 2 is 2.18 bits per heavy atom. The maximum Gasteiger partial charge on any atom is 0.332 e. The molecule has 0 amide bonds. The summed E-state index contributed by atoms with van der Waals surface area (Å²) in [7, 11) is 0. The first-order valence-electron chi connectivity index (χ1n) is 5.34. The van der Waals surface area contributed by atoms with Gasteiger partial charge in [-0.15, -0.1) is 0 Å². The predicted octanol–water partition coefficient (Wildman–Crippen LogP) is 1.52. The normalized spacial score (nSPS) is 10.2. The third-order valence-corrected chi connectivity index (χ3v) is 2.35. The summed E-state index contributed by atoms with van der Waals surface area (Å²) < 4.78 is 1.60. The van der Waals surface area contributed by atoms with Gasteiger partial charge in [0.05, 0.1) is 11.1 Å². The van der Waals surface area contributed by atoms with Crippen LogP contribution in [0.15, 0.2) is 23.3 Å². The number of pyridine rings is 1. The van der Waals surface area contributed by atoms with Gasteiger partial charge in [-0.25, -0.2) is 0 Å². The van der Waals surface area contributed by atoms with Crippen LogP contribution in [0, 0.1) is 10.1 Å². The molecule has 0 aliphatic carbocycles. The van der Waals surface area contributed by atoms with E-state index in [-0.39, 0.29) is 5.78 Å². The highest BCUT2D eigenvalue weighted by atomic mass is 16.6. The van der Waals surface area contributed by atoms with Gasteiger partial charge in [-0.3, -0.25) is 14.9 Å². The Morgan fingerprint density at radius 3 is 2.76 bits per heavy atom. The molecule has 92 valence electrons. The Labute approximate surface area is 98.0 Å². The van der Waals surface area contributed by atoms with Crippen molar-refractivity contribution in [1.29, 1.82) is 0 Å². The molecule has 0 aliphatic rings. The zero-order valence-corrected chi connectivity index (χ0v) is 9.59. The number of hydrogen-bond acceptors (Lipinski definition) is 4. The first kappa shape index (κ1) is 13.1. The number of rotatable bonds is 6. The van der Waals surface area contributed by atoms with Crippen LogP contribution in [0.1, 0.15) is 26.2 Å². The molecule has 0 fully saturated rings. The number of carbonyl (C=O) groups is 1. The van der Waals surface area contributed by atoms with Crippen molar-refractivity contribution < 1.29 is 9.72 Å². The van der Waals surface area contributed by atoms with E-state index in [0.717, 1.165) is 12.8 Å². The molecule has 0 aromatic carbocycles. The summed E-state index contributed by atoms with van der Waals surface area (Å²) in [6, 6.07) is 1.18. The largest absolute Gasteiger partial charge is 0.348 e. The van der Waals surface area contributed by atoms with Crippen molar-refractivity contribution in [3.8, 4) is 0 Å². The van der Waals surface area contributed by atoms with Crippen LogP contribution in [0.5, 0.6) is 0 Å². The Balaban J connectivity index is 2.60. The zero-order valence-electron chi connectivity index (χ0n) is 9.59. The molecule has 6 heteroatoms. The minimum atomic E-state index is -0.686. The van der Waals surface area contributed by atoms with Gasteiger partial charge in [0.15, 0.2) is 0 Å². The van der Waals surface area contributed by atoms with E-state index in [1.807, 2.05) is 0 Å². The molecule has 0 saturated carbocycles. The number of aromatic nitrogens is 1. The lowest BCUT2D eigenvalue weighted by Crippen LogP contribution is -2.11. The van der Waals surface area contributed by atoms with Gasteiger partial charge in [-0.1, -0.05) is 0 Å². The highest BCUT2D eigenvalue weighted by Gasteiger charge is 2.11. The SMILES string of the molecule is CC(=O)CCCCn1ccc(=O)c([N+](=O)[O-])c1. The standard InChI is InChI=1S/C11H14N2O4/c1-9(14)4-2-3-6-12-7-5-11(15)10(8-12)13(16)17/h5,7-8H,2-4,6H2,1H3. The number of hydrogen-bond donors (Lipinski definition) is 0. The average molecular weight is 238 g/mol. The summed E-state index contributed by atoms with van der Waals surface area (Å²) in [6.07, 6.45) is 4.76. The van der Waals surface area contributed by atoms with E-state index in [1.54, 1.807) is 4.57 Å². The quantitative estimate of drug-likeness (QED) is 0.427. The number of ketones is 1. The number of Topliss-reactive ketones (excluding diaryl/α,β-unsaturated/α-hetero) is 1. The minimum Gasteiger partial charge on any atom is -0.348 e. The first-order valence-corrected chi connectivity index (χ1v) is 5.34. The first-order chi connectivity index (χ1) is 8.00. The molecule has 0 bridgehead atoms. The van der Waals surface area contributed by atoms with Crippen LogP contribution in [0.3, 0.4) is 0 Å². The van der Waals surface area contributed by atoms with Crippen LogP contribution in [-0.4, -0.2) is 15.3 Å². The van der Waals surface area contributed by atoms with Crippen molar-refractivity contribution in [2.24, 2.45) is 0 Å². The fourth-order valence-corrected chi connectivity index (χ4v) is 1.46. The van der Waals surface area contributed by atoms with Gasteiger partial charge in [0.2, 0.25) is 0 Å². The molecule has 17 heavy (non-hydrogen) atoms. The third kappa shape index (κ3) is 4.18. The van der Waals surface area contributed by atoms with Crippen LogP contribution >= 0.6 is 0 Å². The van der Waals surface area contributed by atoms with Gasteiger partial charge < -0.3 is 9.36 Å². The lowest BCUT2D eigenvalue weighted by molar-refractivity contribution is -0.386.